The monoisotopic (exact) mass is 235 g/mol. The molecule has 13 heavy (non-hydrogen) atoms. The summed E-state index contributed by atoms with van der Waals surface area (Å²) in [6.07, 6.45) is 0. The van der Waals surface area contributed by atoms with Crippen molar-refractivity contribution in [3.63, 3.8) is 0 Å². The first-order valence-corrected chi connectivity index (χ1v) is 5.03. The fourth-order valence-corrected chi connectivity index (χ4v) is 1.66. The second-order valence-electron chi connectivity index (χ2n) is 3.04. The van der Waals surface area contributed by atoms with Crippen molar-refractivity contribution < 1.29 is 0 Å². The molecule has 1 rings (SSSR count). The summed E-state index contributed by atoms with van der Waals surface area (Å²) in [5.74, 6) is 1.14. The zero-order valence-electron chi connectivity index (χ0n) is 7.44. The van der Waals surface area contributed by atoms with E-state index >= 15 is 0 Å². The summed E-state index contributed by atoms with van der Waals surface area (Å²) in [5, 5.41) is 0. The van der Waals surface area contributed by atoms with E-state index in [1.807, 2.05) is 38.1 Å². The molecule has 3 heteroatoms. The summed E-state index contributed by atoms with van der Waals surface area (Å²) in [4.78, 5) is 0. The van der Waals surface area contributed by atoms with E-state index in [0.29, 0.717) is 0 Å². The van der Waals surface area contributed by atoms with Crippen molar-refractivity contribution in [2.75, 3.05) is 0 Å². The van der Waals surface area contributed by atoms with Crippen molar-refractivity contribution in [1.29, 1.82) is 0 Å². The lowest BCUT2D eigenvalue weighted by Gasteiger charge is -2.17. The zero-order chi connectivity index (χ0) is 10.1. The highest BCUT2D eigenvalue weighted by Gasteiger charge is 2.26. The molecule has 0 spiro atoms. The summed E-state index contributed by atoms with van der Waals surface area (Å²) in [7, 11) is 0. The maximum atomic E-state index is 5.83. The van der Waals surface area contributed by atoms with Gasteiger partial charge in [-0.15, -0.1) is 0 Å². The van der Waals surface area contributed by atoms with Gasteiger partial charge in [-0.2, -0.15) is 0 Å². The minimum Gasteiger partial charge on any atom is -0.0784 e. The Labute approximate surface area is 93.8 Å². The topological polar surface area (TPSA) is 0 Å². The van der Waals surface area contributed by atoms with E-state index in [4.69, 9.17) is 34.8 Å². The molecule has 0 nitrogen and oxygen atoms in total. The standard InChI is InChI=1S/C10H10Cl3/c1-7(2)8-5-3-4-6-9(8)10(11,12)13/h3-6H,1-2H3. The van der Waals surface area contributed by atoms with Gasteiger partial charge in [-0.1, -0.05) is 72.9 Å². The molecule has 1 radical (unpaired) electrons. The van der Waals surface area contributed by atoms with Crippen LogP contribution in [0.5, 0.6) is 0 Å². The Bertz CT molecular complexity index is 286. The molecule has 71 valence electrons. The molecule has 0 N–H and O–H groups in total. The first-order valence-electron chi connectivity index (χ1n) is 3.89. The smallest absolute Gasteiger partial charge is 0.0784 e. The summed E-state index contributed by atoms with van der Waals surface area (Å²) in [5.41, 5.74) is 1.74. The molecule has 0 atom stereocenters. The minimum atomic E-state index is -1.34. The van der Waals surface area contributed by atoms with Gasteiger partial charge in [0.05, 0.1) is 0 Å². The molecule has 0 aliphatic rings. The maximum absolute atomic E-state index is 5.83. The number of halogens is 3. The highest BCUT2D eigenvalue weighted by atomic mass is 35.6. The van der Waals surface area contributed by atoms with Gasteiger partial charge in [0.1, 0.15) is 0 Å². The van der Waals surface area contributed by atoms with Crippen LogP contribution in [0.3, 0.4) is 0 Å². The lowest BCUT2D eigenvalue weighted by molar-refractivity contribution is 1.08. The Hall–Kier alpha value is 0.0900. The van der Waals surface area contributed by atoms with E-state index in [0.717, 1.165) is 17.0 Å². The van der Waals surface area contributed by atoms with E-state index < -0.39 is 3.79 Å². The number of alkyl halides is 3. The zero-order valence-corrected chi connectivity index (χ0v) is 9.71. The third kappa shape index (κ3) is 2.77. The molecule has 0 saturated carbocycles. The molecule has 0 aliphatic heterocycles. The fraction of sp³-hybridized carbons (Fsp3) is 0.300. The Kier molecular flexibility index (Phi) is 3.50. The summed E-state index contributed by atoms with van der Waals surface area (Å²) < 4.78 is -1.34. The Morgan fingerprint density at radius 3 is 2.00 bits per heavy atom. The molecule has 0 bridgehead atoms. The van der Waals surface area contributed by atoms with E-state index in [1.54, 1.807) is 0 Å². The molecule has 1 aromatic rings. The van der Waals surface area contributed by atoms with Crippen LogP contribution in [0.2, 0.25) is 0 Å². The van der Waals surface area contributed by atoms with Crippen LogP contribution >= 0.6 is 34.8 Å². The minimum absolute atomic E-state index is 0.736. The molecular weight excluding hydrogens is 226 g/mol. The number of rotatable bonds is 1. The molecule has 0 aromatic heterocycles. The van der Waals surface area contributed by atoms with Gasteiger partial charge in [0.25, 0.3) is 0 Å². The molecule has 0 fully saturated rings. The Morgan fingerprint density at radius 2 is 1.62 bits per heavy atom. The number of hydrogen-bond donors (Lipinski definition) is 0. The van der Waals surface area contributed by atoms with Gasteiger partial charge in [-0.05, 0) is 11.5 Å². The second-order valence-corrected chi connectivity index (χ2v) is 5.32. The third-order valence-corrected chi connectivity index (χ3v) is 2.38. The largest absolute Gasteiger partial charge is 0.216 e. The van der Waals surface area contributed by atoms with Crippen molar-refractivity contribution >= 4 is 34.8 Å². The highest BCUT2D eigenvalue weighted by Crippen LogP contribution is 2.41. The van der Waals surface area contributed by atoms with Crippen LogP contribution in [0.25, 0.3) is 0 Å². The lowest BCUT2D eigenvalue weighted by atomic mass is 9.98. The third-order valence-electron chi connectivity index (χ3n) is 1.77. The van der Waals surface area contributed by atoms with Crippen molar-refractivity contribution in [3.8, 4) is 0 Å². The summed E-state index contributed by atoms with van der Waals surface area (Å²) in [6.45, 7) is 3.99. The highest BCUT2D eigenvalue weighted by molar-refractivity contribution is 6.66. The van der Waals surface area contributed by atoms with Crippen molar-refractivity contribution in [2.24, 2.45) is 0 Å². The van der Waals surface area contributed by atoms with Crippen LogP contribution in [0.1, 0.15) is 25.0 Å². The van der Waals surface area contributed by atoms with Crippen LogP contribution < -0.4 is 0 Å². The summed E-state index contributed by atoms with van der Waals surface area (Å²) >= 11 is 17.5. The molecule has 0 amide bonds. The van der Waals surface area contributed by atoms with Gasteiger partial charge in [0.15, 0.2) is 0 Å². The van der Waals surface area contributed by atoms with E-state index in [9.17, 15) is 0 Å². The van der Waals surface area contributed by atoms with E-state index in [1.165, 1.54) is 0 Å². The normalized spacial score (nSPS) is 12.2. The molecule has 0 saturated heterocycles. The predicted octanol–water partition coefficient (Wildman–Crippen LogP) is 4.48. The molecule has 0 heterocycles. The fourth-order valence-electron chi connectivity index (χ4n) is 1.17. The Balaban J connectivity index is 3.20. The quantitative estimate of drug-likeness (QED) is 0.631. The van der Waals surface area contributed by atoms with Crippen LogP contribution in [-0.4, -0.2) is 0 Å². The number of hydrogen-bond acceptors (Lipinski definition) is 0. The second kappa shape index (κ2) is 4.08. The molecule has 0 unspecified atom stereocenters. The first kappa shape index (κ1) is 11.2. The van der Waals surface area contributed by atoms with Gasteiger partial charge >= 0.3 is 0 Å². The van der Waals surface area contributed by atoms with Gasteiger partial charge < -0.3 is 0 Å². The average molecular weight is 237 g/mol. The SMILES string of the molecule is C[C](C)c1ccccc1C(Cl)(Cl)Cl. The van der Waals surface area contributed by atoms with E-state index in [-0.39, 0.29) is 0 Å². The maximum Gasteiger partial charge on any atom is 0.216 e. The van der Waals surface area contributed by atoms with Gasteiger partial charge in [-0.25, -0.2) is 0 Å². The average Bonchev–Trinajstić information content (AvgIpc) is 2.03. The predicted molar refractivity (Wildman–Crippen MR) is 59.4 cm³/mol. The molecular formula is C10H10Cl3. The molecule has 1 aromatic carbocycles. The van der Waals surface area contributed by atoms with E-state index in [2.05, 4.69) is 0 Å². The van der Waals surface area contributed by atoms with Crippen LogP contribution in [-0.2, 0) is 3.79 Å². The lowest BCUT2D eigenvalue weighted by Crippen LogP contribution is -2.06. The van der Waals surface area contributed by atoms with Crippen molar-refractivity contribution in [1.82, 2.24) is 0 Å². The van der Waals surface area contributed by atoms with Crippen molar-refractivity contribution in [2.45, 2.75) is 17.6 Å². The number of benzene rings is 1. The van der Waals surface area contributed by atoms with Crippen molar-refractivity contribution in [3.05, 3.63) is 41.3 Å². The van der Waals surface area contributed by atoms with Crippen LogP contribution in [0.4, 0.5) is 0 Å². The first-order chi connectivity index (χ1) is 5.93. The van der Waals surface area contributed by atoms with Crippen LogP contribution in [0, 0.1) is 5.92 Å². The Morgan fingerprint density at radius 1 is 1.08 bits per heavy atom. The molecule has 0 aliphatic carbocycles. The van der Waals surface area contributed by atoms with Gasteiger partial charge in [0.2, 0.25) is 3.79 Å². The van der Waals surface area contributed by atoms with Gasteiger partial charge in [-0.3, -0.25) is 0 Å². The summed E-state index contributed by atoms with van der Waals surface area (Å²) in [6, 6.07) is 7.58. The van der Waals surface area contributed by atoms with Gasteiger partial charge in [0, 0.05) is 5.56 Å². The van der Waals surface area contributed by atoms with Crippen LogP contribution in [0.15, 0.2) is 24.3 Å².